The molecule has 5 nitrogen and oxygen atoms in total. The molecule has 1 fully saturated rings. The van der Waals surface area contributed by atoms with Crippen LogP contribution in [0.15, 0.2) is 16.6 Å². The molecule has 24 heavy (non-hydrogen) atoms. The average molecular weight is 424 g/mol. The lowest BCUT2D eigenvalue weighted by Gasteiger charge is -2.44. The number of piperazine rings is 1. The maximum atomic E-state index is 9.98. The van der Waals surface area contributed by atoms with Gasteiger partial charge < -0.3 is 19.9 Å². The zero-order valence-corrected chi connectivity index (χ0v) is 17.2. The zero-order chi connectivity index (χ0) is 17.0. The lowest BCUT2D eigenvalue weighted by molar-refractivity contribution is 0.0291. The largest absolute Gasteiger partial charge is 0.496 e. The Morgan fingerprint density at radius 2 is 1.79 bits per heavy atom. The predicted molar refractivity (Wildman–Crippen MR) is 103 cm³/mol. The number of nitrogens with one attached hydrogen (secondary N) is 1. The Morgan fingerprint density at radius 1 is 1.21 bits per heavy atom. The molecule has 1 aromatic carbocycles. The Bertz CT molecular complexity index is 537. The van der Waals surface area contributed by atoms with E-state index in [4.69, 9.17) is 9.47 Å². The summed E-state index contributed by atoms with van der Waals surface area (Å²) in [5.74, 6) is 1.58. The average Bonchev–Trinajstić information content (AvgIpc) is 2.56. The Balaban J connectivity index is 0.00000288. The van der Waals surface area contributed by atoms with Gasteiger partial charge in [0.05, 0.1) is 18.7 Å². The first-order chi connectivity index (χ1) is 10.9. The fourth-order valence-corrected chi connectivity index (χ4v) is 3.72. The summed E-state index contributed by atoms with van der Waals surface area (Å²) in [6.45, 7) is 8.07. The Kier molecular flexibility index (Phi) is 8.29. The lowest BCUT2D eigenvalue weighted by Crippen LogP contribution is -2.49. The molecular formula is C17H28BrClN2O3. The summed E-state index contributed by atoms with van der Waals surface area (Å²) >= 11 is 3.52. The van der Waals surface area contributed by atoms with Crippen molar-refractivity contribution in [2.24, 2.45) is 5.41 Å². The molecule has 0 bridgehead atoms. The smallest absolute Gasteiger partial charge is 0.133 e. The van der Waals surface area contributed by atoms with Gasteiger partial charge in [-0.15, -0.1) is 12.4 Å². The topological polar surface area (TPSA) is 54.0 Å². The van der Waals surface area contributed by atoms with Gasteiger partial charge >= 0.3 is 0 Å². The summed E-state index contributed by atoms with van der Waals surface area (Å²) in [4.78, 5) is 2.41. The molecule has 1 aliphatic rings. The van der Waals surface area contributed by atoms with E-state index in [-0.39, 0.29) is 30.5 Å². The normalized spacial score (nSPS) is 17.1. The van der Waals surface area contributed by atoms with Crippen molar-refractivity contribution >= 4 is 28.3 Å². The molecule has 0 aromatic heterocycles. The standard InChI is InChI=1S/C17H27BrN2O3.ClH/c1-17(2,11-21)16(20-7-5-19-6-8-20)12-9-15(23-4)13(18)10-14(12)22-3;/h9-10,16,19,21H,5-8,11H2,1-4H3;1H/t16-;/m1./s1. The van der Waals surface area contributed by atoms with Gasteiger partial charge in [-0.1, -0.05) is 13.8 Å². The highest BCUT2D eigenvalue weighted by Crippen LogP contribution is 2.45. The second kappa shape index (κ2) is 9.25. The van der Waals surface area contributed by atoms with Gasteiger partial charge in [-0.25, -0.2) is 0 Å². The van der Waals surface area contributed by atoms with E-state index in [2.05, 4.69) is 40.0 Å². The maximum Gasteiger partial charge on any atom is 0.133 e. The second-order valence-electron chi connectivity index (χ2n) is 6.56. The number of aliphatic hydroxyl groups is 1. The number of methoxy groups -OCH3 is 2. The van der Waals surface area contributed by atoms with Gasteiger partial charge in [0.2, 0.25) is 0 Å². The molecule has 1 aliphatic heterocycles. The molecule has 1 saturated heterocycles. The van der Waals surface area contributed by atoms with Crippen molar-refractivity contribution in [3.63, 3.8) is 0 Å². The van der Waals surface area contributed by atoms with Crippen LogP contribution in [-0.2, 0) is 0 Å². The number of aliphatic hydroxyl groups excluding tert-OH is 1. The van der Waals surface area contributed by atoms with E-state index in [1.807, 2.05) is 12.1 Å². The minimum atomic E-state index is -0.302. The van der Waals surface area contributed by atoms with Crippen LogP contribution in [0, 0.1) is 5.41 Å². The molecule has 7 heteroatoms. The molecule has 2 rings (SSSR count). The van der Waals surface area contributed by atoms with E-state index in [1.54, 1.807) is 14.2 Å². The first-order valence-electron chi connectivity index (χ1n) is 7.91. The van der Waals surface area contributed by atoms with Crippen LogP contribution in [0.4, 0.5) is 0 Å². The first kappa shape index (κ1) is 21.5. The molecule has 2 N–H and O–H groups in total. The molecule has 1 atom stereocenters. The van der Waals surface area contributed by atoms with Gasteiger partial charge in [0.25, 0.3) is 0 Å². The third-order valence-electron chi connectivity index (χ3n) is 4.46. The van der Waals surface area contributed by atoms with Gasteiger partial charge in [0.1, 0.15) is 11.5 Å². The lowest BCUT2D eigenvalue weighted by atomic mass is 9.79. The maximum absolute atomic E-state index is 9.98. The summed E-state index contributed by atoms with van der Waals surface area (Å²) in [5, 5.41) is 13.4. The number of rotatable bonds is 6. The van der Waals surface area contributed by atoms with Gasteiger partial charge in [-0.05, 0) is 28.1 Å². The van der Waals surface area contributed by atoms with E-state index >= 15 is 0 Å². The van der Waals surface area contributed by atoms with Crippen LogP contribution in [0.2, 0.25) is 0 Å². The predicted octanol–water partition coefficient (Wildman–Crippen LogP) is 2.85. The van der Waals surface area contributed by atoms with Crippen LogP contribution in [0.5, 0.6) is 11.5 Å². The van der Waals surface area contributed by atoms with Crippen LogP contribution < -0.4 is 14.8 Å². The monoisotopic (exact) mass is 422 g/mol. The number of ether oxygens (including phenoxy) is 2. The number of halogens is 2. The molecule has 0 radical (unpaired) electrons. The molecule has 138 valence electrons. The van der Waals surface area contributed by atoms with Crippen molar-refractivity contribution in [1.82, 2.24) is 10.2 Å². The molecule has 0 unspecified atom stereocenters. The number of nitrogens with zero attached hydrogens (tertiary/aromatic N) is 1. The molecule has 0 aliphatic carbocycles. The minimum absolute atomic E-state index is 0. The van der Waals surface area contributed by atoms with Crippen LogP contribution in [-0.4, -0.2) is 57.0 Å². The summed E-state index contributed by atoms with van der Waals surface area (Å²) in [5.41, 5.74) is 0.747. The highest BCUT2D eigenvalue weighted by atomic mass is 79.9. The van der Waals surface area contributed by atoms with Gasteiger partial charge in [-0.3, -0.25) is 4.90 Å². The van der Waals surface area contributed by atoms with E-state index in [9.17, 15) is 5.11 Å². The van der Waals surface area contributed by atoms with Crippen LogP contribution in [0.25, 0.3) is 0 Å². The van der Waals surface area contributed by atoms with E-state index in [1.165, 1.54) is 0 Å². The highest BCUT2D eigenvalue weighted by Gasteiger charge is 2.37. The number of hydrogen-bond acceptors (Lipinski definition) is 5. The van der Waals surface area contributed by atoms with Crippen molar-refractivity contribution in [1.29, 1.82) is 0 Å². The van der Waals surface area contributed by atoms with Crippen LogP contribution >= 0.6 is 28.3 Å². The third kappa shape index (κ3) is 4.55. The van der Waals surface area contributed by atoms with E-state index < -0.39 is 0 Å². The van der Waals surface area contributed by atoms with Crippen molar-refractivity contribution in [3.8, 4) is 11.5 Å². The summed E-state index contributed by atoms with van der Waals surface area (Å²) in [7, 11) is 3.34. The number of benzene rings is 1. The molecular weight excluding hydrogens is 396 g/mol. The van der Waals surface area contributed by atoms with Gasteiger partial charge in [-0.2, -0.15) is 0 Å². The van der Waals surface area contributed by atoms with E-state index in [0.717, 1.165) is 47.7 Å². The fourth-order valence-electron chi connectivity index (χ4n) is 3.24. The molecule has 0 saturated carbocycles. The molecule has 0 amide bonds. The van der Waals surface area contributed by atoms with Crippen molar-refractivity contribution in [2.75, 3.05) is 47.0 Å². The van der Waals surface area contributed by atoms with Crippen LogP contribution in [0.3, 0.4) is 0 Å². The summed E-state index contributed by atoms with van der Waals surface area (Å²) in [6.07, 6.45) is 0. The highest BCUT2D eigenvalue weighted by molar-refractivity contribution is 9.10. The van der Waals surface area contributed by atoms with Gasteiger partial charge in [0, 0.05) is 49.8 Å². The van der Waals surface area contributed by atoms with Crippen molar-refractivity contribution in [2.45, 2.75) is 19.9 Å². The Hall–Kier alpha value is -0.530. The van der Waals surface area contributed by atoms with Gasteiger partial charge in [0.15, 0.2) is 0 Å². The van der Waals surface area contributed by atoms with E-state index in [0.29, 0.717) is 0 Å². The Labute approximate surface area is 159 Å². The second-order valence-corrected chi connectivity index (χ2v) is 7.42. The quantitative estimate of drug-likeness (QED) is 0.737. The van der Waals surface area contributed by atoms with Crippen molar-refractivity contribution < 1.29 is 14.6 Å². The summed E-state index contributed by atoms with van der Waals surface area (Å²) < 4.78 is 12.0. The summed E-state index contributed by atoms with van der Waals surface area (Å²) in [6, 6.07) is 4.01. The number of hydrogen-bond donors (Lipinski definition) is 2. The Morgan fingerprint density at radius 3 is 2.29 bits per heavy atom. The van der Waals surface area contributed by atoms with Crippen LogP contribution in [0.1, 0.15) is 25.5 Å². The minimum Gasteiger partial charge on any atom is -0.496 e. The fraction of sp³-hybridized carbons (Fsp3) is 0.647. The van der Waals surface area contributed by atoms with Crippen molar-refractivity contribution in [3.05, 3.63) is 22.2 Å². The molecule has 1 heterocycles. The molecule has 1 aromatic rings. The molecule has 0 spiro atoms. The SMILES string of the molecule is COc1cc([C@@H](N2CCNCC2)C(C)(C)CO)c(OC)cc1Br.Cl. The third-order valence-corrected chi connectivity index (χ3v) is 5.08. The zero-order valence-electron chi connectivity index (χ0n) is 14.8. The first-order valence-corrected chi connectivity index (χ1v) is 8.71.